The van der Waals surface area contributed by atoms with Crippen molar-refractivity contribution in [2.24, 2.45) is 0 Å². The van der Waals surface area contributed by atoms with Crippen LogP contribution in [-0.2, 0) is 11.3 Å². The second-order valence-corrected chi connectivity index (χ2v) is 5.13. The van der Waals surface area contributed by atoms with Crippen LogP contribution in [0.5, 0.6) is 0 Å². The Labute approximate surface area is 124 Å². The standard InChI is InChI=1S/C12H13BrClN3O2/c1-19-6-5-17-11(9(14)7-16-17)12(18)10-8(13)3-2-4-15-10/h2-4,7,12,18H,5-6H2,1H3. The molecule has 19 heavy (non-hydrogen) atoms. The molecular weight excluding hydrogens is 334 g/mol. The van der Waals surface area contributed by atoms with E-state index in [0.29, 0.717) is 29.6 Å². The molecule has 0 saturated heterocycles. The van der Waals surface area contributed by atoms with Gasteiger partial charge in [-0.3, -0.25) is 9.67 Å². The van der Waals surface area contributed by atoms with Gasteiger partial charge in [0.1, 0.15) is 6.10 Å². The zero-order valence-electron chi connectivity index (χ0n) is 10.3. The molecule has 0 fully saturated rings. The fraction of sp³-hybridized carbons (Fsp3) is 0.333. The number of hydrogen-bond acceptors (Lipinski definition) is 4. The van der Waals surface area contributed by atoms with Crippen LogP contribution in [0.15, 0.2) is 29.0 Å². The second-order valence-electron chi connectivity index (χ2n) is 3.87. The summed E-state index contributed by atoms with van der Waals surface area (Å²) in [5.74, 6) is 0. The molecule has 0 spiro atoms. The number of aliphatic hydroxyl groups is 1. The Morgan fingerprint density at radius 2 is 2.37 bits per heavy atom. The first-order valence-corrected chi connectivity index (χ1v) is 6.81. The van der Waals surface area contributed by atoms with Gasteiger partial charge in [0.05, 0.1) is 35.8 Å². The van der Waals surface area contributed by atoms with E-state index < -0.39 is 6.10 Å². The van der Waals surface area contributed by atoms with Gasteiger partial charge >= 0.3 is 0 Å². The molecule has 0 aliphatic heterocycles. The molecule has 102 valence electrons. The number of nitrogens with zero attached hydrogens (tertiary/aromatic N) is 3. The highest BCUT2D eigenvalue weighted by molar-refractivity contribution is 9.10. The lowest BCUT2D eigenvalue weighted by molar-refractivity contribution is 0.170. The van der Waals surface area contributed by atoms with Crippen molar-refractivity contribution in [3.05, 3.63) is 45.4 Å². The molecule has 0 aromatic carbocycles. The highest BCUT2D eigenvalue weighted by Gasteiger charge is 2.22. The molecule has 1 unspecified atom stereocenters. The van der Waals surface area contributed by atoms with Gasteiger partial charge in [0.15, 0.2) is 0 Å². The minimum Gasteiger partial charge on any atom is -0.383 e. The zero-order valence-corrected chi connectivity index (χ0v) is 12.6. The molecular formula is C12H13BrClN3O2. The number of methoxy groups -OCH3 is 1. The lowest BCUT2D eigenvalue weighted by atomic mass is 10.1. The summed E-state index contributed by atoms with van der Waals surface area (Å²) in [5.41, 5.74) is 1.02. The molecule has 0 amide bonds. The van der Waals surface area contributed by atoms with Crippen LogP contribution >= 0.6 is 27.5 Å². The van der Waals surface area contributed by atoms with Crippen LogP contribution < -0.4 is 0 Å². The summed E-state index contributed by atoms with van der Waals surface area (Å²) in [6, 6.07) is 3.60. The highest BCUT2D eigenvalue weighted by Crippen LogP contribution is 2.30. The highest BCUT2D eigenvalue weighted by atomic mass is 79.9. The third-order valence-electron chi connectivity index (χ3n) is 2.65. The molecule has 1 atom stereocenters. The third kappa shape index (κ3) is 3.14. The van der Waals surface area contributed by atoms with Gasteiger partial charge < -0.3 is 9.84 Å². The number of ether oxygens (including phenoxy) is 1. The fourth-order valence-corrected chi connectivity index (χ4v) is 2.44. The summed E-state index contributed by atoms with van der Waals surface area (Å²) in [7, 11) is 1.61. The van der Waals surface area contributed by atoms with E-state index in [2.05, 4.69) is 26.0 Å². The van der Waals surface area contributed by atoms with Crippen molar-refractivity contribution in [3.63, 3.8) is 0 Å². The molecule has 1 N–H and O–H groups in total. The molecule has 0 aliphatic rings. The van der Waals surface area contributed by atoms with Gasteiger partial charge in [-0.05, 0) is 28.1 Å². The average Bonchev–Trinajstić information content (AvgIpc) is 2.77. The minimum absolute atomic E-state index is 0.404. The van der Waals surface area contributed by atoms with E-state index in [0.717, 1.165) is 4.47 Å². The van der Waals surface area contributed by atoms with Gasteiger partial charge in [0.25, 0.3) is 0 Å². The molecule has 2 aromatic rings. The molecule has 2 heterocycles. The number of pyridine rings is 1. The van der Waals surface area contributed by atoms with Gasteiger partial charge in [-0.1, -0.05) is 11.6 Å². The zero-order chi connectivity index (χ0) is 13.8. The van der Waals surface area contributed by atoms with E-state index in [1.165, 1.54) is 6.20 Å². The van der Waals surface area contributed by atoms with Crippen LogP contribution in [0, 0.1) is 0 Å². The molecule has 0 radical (unpaired) electrons. The molecule has 7 heteroatoms. The first kappa shape index (κ1) is 14.5. The maximum atomic E-state index is 10.4. The quantitative estimate of drug-likeness (QED) is 0.903. The van der Waals surface area contributed by atoms with E-state index >= 15 is 0 Å². The van der Waals surface area contributed by atoms with Crippen LogP contribution in [-0.4, -0.2) is 33.6 Å². The Hall–Kier alpha value is -0.950. The van der Waals surface area contributed by atoms with Gasteiger partial charge in [0, 0.05) is 17.8 Å². The number of aromatic nitrogens is 3. The molecule has 5 nitrogen and oxygen atoms in total. The number of hydrogen-bond donors (Lipinski definition) is 1. The van der Waals surface area contributed by atoms with Crippen LogP contribution in [0.2, 0.25) is 5.02 Å². The van der Waals surface area contributed by atoms with Gasteiger partial charge in [-0.2, -0.15) is 5.10 Å². The number of halogens is 2. The Kier molecular flexibility index (Phi) is 4.93. The number of aliphatic hydroxyl groups excluding tert-OH is 1. The predicted octanol–water partition coefficient (Wildman–Crippen LogP) is 2.42. The molecule has 0 saturated carbocycles. The third-order valence-corrected chi connectivity index (χ3v) is 3.61. The Balaban J connectivity index is 2.35. The lowest BCUT2D eigenvalue weighted by Crippen LogP contribution is -2.14. The molecule has 0 aliphatic carbocycles. The van der Waals surface area contributed by atoms with Crippen LogP contribution in [0.3, 0.4) is 0 Å². The maximum absolute atomic E-state index is 10.4. The van der Waals surface area contributed by atoms with Crippen molar-refractivity contribution in [3.8, 4) is 0 Å². The van der Waals surface area contributed by atoms with E-state index in [9.17, 15) is 5.11 Å². The summed E-state index contributed by atoms with van der Waals surface area (Å²) in [6.07, 6.45) is 2.18. The Morgan fingerprint density at radius 1 is 1.58 bits per heavy atom. The SMILES string of the molecule is COCCn1ncc(Cl)c1C(O)c1ncccc1Br. The fourth-order valence-electron chi connectivity index (χ4n) is 1.73. The Morgan fingerprint density at radius 3 is 3.05 bits per heavy atom. The summed E-state index contributed by atoms with van der Waals surface area (Å²) in [4.78, 5) is 4.17. The van der Waals surface area contributed by atoms with Crippen molar-refractivity contribution < 1.29 is 9.84 Å². The lowest BCUT2D eigenvalue weighted by Gasteiger charge is -2.14. The average molecular weight is 347 g/mol. The Bertz CT molecular complexity index is 562. The van der Waals surface area contributed by atoms with E-state index in [1.54, 1.807) is 24.1 Å². The van der Waals surface area contributed by atoms with Crippen molar-refractivity contribution >= 4 is 27.5 Å². The second kappa shape index (κ2) is 6.47. The van der Waals surface area contributed by atoms with Crippen molar-refractivity contribution in [1.82, 2.24) is 14.8 Å². The summed E-state index contributed by atoms with van der Waals surface area (Å²) in [5, 5.41) is 15.0. The van der Waals surface area contributed by atoms with Crippen molar-refractivity contribution in [2.75, 3.05) is 13.7 Å². The smallest absolute Gasteiger partial charge is 0.140 e. The van der Waals surface area contributed by atoms with E-state index in [1.807, 2.05) is 6.07 Å². The number of rotatable bonds is 5. The first-order chi connectivity index (χ1) is 9.15. The summed E-state index contributed by atoms with van der Waals surface area (Å²) < 4.78 is 7.35. The van der Waals surface area contributed by atoms with E-state index in [-0.39, 0.29) is 0 Å². The molecule has 0 bridgehead atoms. The van der Waals surface area contributed by atoms with Gasteiger partial charge in [-0.25, -0.2) is 0 Å². The van der Waals surface area contributed by atoms with Crippen LogP contribution in [0.4, 0.5) is 0 Å². The van der Waals surface area contributed by atoms with Crippen molar-refractivity contribution in [1.29, 1.82) is 0 Å². The largest absolute Gasteiger partial charge is 0.383 e. The van der Waals surface area contributed by atoms with Crippen LogP contribution in [0.1, 0.15) is 17.5 Å². The summed E-state index contributed by atoms with van der Waals surface area (Å²) >= 11 is 9.46. The summed E-state index contributed by atoms with van der Waals surface area (Å²) in [6.45, 7) is 1.00. The normalized spacial score (nSPS) is 12.6. The monoisotopic (exact) mass is 345 g/mol. The van der Waals surface area contributed by atoms with Gasteiger partial charge in [0.2, 0.25) is 0 Å². The first-order valence-electron chi connectivity index (χ1n) is 5.63. The maximum Gasteiger partial charge on any atom is 0.140 e. The van der Waals surface area contributed by atoms with E-state index in [4.69, 9.17) is 16.3 Å². The topological polar surface area (TPSA) is 60.2 Å². The predicted molar refractivity (Wildman–Crippen MR) is 75.1 cm³/mol. The van der Waals surface area contributed by atoms with Crippen LogP contribution in [0.25, 0.3) is 0 Å². The minimum atomic E-state index is -0.942. The molecule has 2 rings (SSSR count). The van der Waals surface area contributed by atoms with Gasteiger partial charge in [-0.15, -0.1) is 0 Å². The molecule has 2 aromatic heterocycles. The van der Waals surface area contributed by atoms with Crippen molar-refractivity contribution in [2.45, 2.75) is 12.6 Å².